The van der Waals surface area contributed by atoms with Crippen LogP contribution in [0.15, 0.2) is 65.6 Å². The Kier molecular flexibility index (Phi) is 6.72. The molecule has 0 spiro atoms. The molecule has 0 saturated carbocycles. The van der Waals surface area contributed by atoms with Crippen LogP contribution >= 0.6 is 11.6 Å². The number of amides is 1. The summed E-state index contributed by atoms with van der Waals surface area (Å²) in [5, 5.41) is 3.04. The Labute approximate surface area is 186 Å². The molecule has 0 aliphatic carbocycles. The minimum Gasteiger partial charge on any atom is -0.495 e. The number of para-hydroxylation sites is 1. The summed E-state index contributed by atoms with van der Waals surface area (Å²) in [7, 11) is -0.985. The van der Waals surface area contributed by atoms with Gasteiger partial charge in [0.15, 0.2) is 0 Å². The Balaban J connectivity index is 1.92. The molecule has 0 atom stereocenters. The largest absolute Gasteiger partial charge is 0.495 e. The number of rotatable bonds is 7. The molecule has 31 heavy (non-hydrogen) atoms. The zero-order chi connectivity index (χ0) is 22.6. The van der Waals surface area contributed by atoms with Gasteiger partial charge in [-0.15, -0.1) is 0 Å². The van der Waals surface area contributed by atoms with E-state index in [0.717, 1.165) is 5.56 Å². The smallest absolute Gasteiger partial charge is 0.261 e. The van der Waals surface area contributed by atoms with Crippen LogP contribution < -0.4 is 19.5 Å². The number of carbonyl (C=O) groups excluding carboxylic acids is 1. The normalized spacial score (nSPS) is 11.0. The SMILES string of the molecule is COc1cc(NC(=O)c2ccccc2NS(=O)(=O)c2ccc(C)cc2)c(OC)cc1Cl. The third kappa shape index (κ3) is 5.10. The number of nitrogens with one attached hydrogen (secondary N) is 2. The van der Waals surface area contributed by atoms with Crippen molar-refractivity contribution < 1.29 is 22.7 Å². The molecule has 7 nitrogen and oxygen atoms in total. The maximum atomic E-state index is 13.0. The summed E-state index contributed by atoms with van der Waals surface area (Å²) < 4.78 is 38.5. The molecule has 0 aromatic heterocycles. The maximum Gasteiger partial charge on any atom is 0.261 e. The van der Waals surface area contributed by atoms with Crippen molar-refractivity contribution in [3.63, 3.8) is 0 Å². The van der Waals surface area contributed by atoms with Gasteiger partial charge in [-0.05, 0) is 31.2 Å². The summed E-state index contributed by atoms with van der Waals surface area (Å²) >= 11 is 6.11. The van der Waals surface area contributed by atoms with Gasteiger partial charge in [-0.2, -0.15) is 0 Å². The molecule has 3 rings (SSSR count). The number of halogens is 1. The number of hydrogen-bond donors (Lipinski definition) is 2. The minimum atomic E-state index is -3.88. The summed E-state index contributed by atoms with van der Waals surface area (Å²) in [5.74, 6) is 0.146. The summed E-state index contributed by atoms with van der Waals surface area (Å²) in [4.78, 5) is 13.1. The van der Waals surface area contributed by atoms with Crippen molar-refractivity contribution in [1.82, 2.24) is 0 Å². The Morgan fingerprint density at radius 1 is 0.903 bits per heavy atom. The third-order valence-corrected chi connectivity index (χ3v) is 6.15. The van der Waals surface area contributed by atoms with Crippen LogP contribution in [0.2, 0.25) is 5.02 Å². The number of carbonyl (C=O) groups is 1. The maximum absolute atomic E-state index is 13.0. The third-order valence-electron chi connectivity index (χ3n) is 4.47. The second-order valence-corrected chi connectivity index (χ2v) is 8.69. The predicted octanol–water partition coefficient (Wildman–Crippen LogP) is 4.72. The Morgan fingerprint density at radius 2 is 1.55 bits per heavy atom. The number of hydrogen-bond acceptors (Lipinski definition) is 5. The number of methoxy groups -OCH3 is 2. The summed E-state index contributed by atoms with van der Waals surface area (Å²) in [5.41, 5.74) is 1.53. The zero-order valence-corrected chi connectivity index (χ0v) is 18.7. The summed E-state index contributed by atoms with van der Waals surface area (Å²) in [6.07, 6.45) is 0. The van der Waals surface area contributed by atoms with Crippen LogP contribution in [0.25, 0.3) is 0 Å². The molecule has 0 bridgehead atoms. The molecule has 9 heteroatoms. The first-order valence-electron chi connectivity index (χ1n) is 9.16. The van der Waals surface area contributed by atoms with Gasteiger partial charge in [0.2, 0.25) is 0 Å². The van der Waals surface area contributed by atoms with E-state index >= 15 is 0 Å². The highest BCUT2D eigenvalue weighted by molar-refractivity contribution is 7.92. The molecule has 3 aromatic carbocycles. The van der Waals surface area contributed by atoms with Gasteiger partial charge in [0.05, 0.1) is 41.1 Å². The highest BCUT2D eigenvalue weighted by atomic mass is 35.5. The second kappa shape index (κ2) is 9.28. The predicted molar refractivity (Wildman–Crippen MR) is 121 cm³/mol. The first kappa shape index (κ1) is 22.5. The van der Waals surface area contributed by atoms with Gasteiger partial charge in [-0.25, -0.2) is 8.42 Å². The molecule has 0 aliphatic heterocycles. The van der Waals surface area contributed by atoms with Gasteiger partial charge in [-0.1, -0.05) is 41.4 Å². The molecule has 2 N–H and O–H groups in total. The van der Waals surface area contributed by atoms with Crippen LogP contribution in [-0.2, 0) is 10.0 Å². The average Bonchev–Trinajstić information content (AvgIpc) is 2.75. The van der Waals surface area contributed by atoms with Crippen molar-refractivity contribution in [3.05, 3.63) is 76.8 Å². The van der Waals surface area contributed by atoms with Gasteiger partial charge in [0, 0.05) is 12.1 Å². The lowest BCUT2D eigenvalue weighted by Crippen LogP contribution is -2.19. The van der Waals surface area contributed by atoms with E-state index in [4.69, 9.17) is 21.1 Å². The van der Waals surface area contributed by atoms with Gasteiger partial charge in [0.25, 0.3) is 15.9 Å². The Bertz CT molecular complexity index is 1210. The van der Waals surface area contributed by atoms with Crippen LogP contribution in [0.4, 0.5) is 11.4 Å². The molecule has 0 radical (unpaired) electrons. The van der Waals surface area contributed by atoms with Crippen LogP contribution in [0.3, 0.4) is 0 Å². The molecule has 0 saturated heterocycles. The van der Waals surface area contributed by atoms with E-state index in [1.807, 2.05) is 6.92 Å². The molecule has 3 aromatic rings. The molecule has 0 heterocycles. The van der Waals surface area contributed by atoms with Crippen LogP contribution in [0.5, 0.6) is 11.5 Å². The standard InChI is InChI=1S/C22H21ClN2O5S/c1-14-8-10-15(11-9-14)31(27,28)25-18-7-5-4-6-16(18)22(26)24-19-13-20(29-2)17(23)12-21(19)30-3/h4-13,25H,1-3H3,(H,24,26). The number of benzene rings is 3. The van der Waals surface area contributed by atoms with E-state index in [1.165, 1.54) is 50.6 Å². The van der Waals surface area contributed by atoms with Crippen molar-refractivity contribution >= 4 is 38.9 Å². The molecule has 0 unspecified atom stereocenters. The lowest BCUT2D eigenvalue weighted by Gasteiger charge is -2.15. The molecule has 162 valence electrons. The van der Waals surface area contributed by atoms with Crippen molar-refractivity contribution in [2.45, 2.75) is 11.8 Å². The van der Waals surface area contributed by atoms with Crippen molar-refractivity contribution in [3.8, 4) is 11.5 Å². The van der Waals surface area contributed by atoms with Gasteiger partial charge in [-0.3, -0.25) is 9.52 Å². The topological polar surface area (TPSA) is 93.7 Å². The first-order valence-corrected chi connectivity index (χ1v) is 11.0. The van der Waals surface area contributed by atoms with Crippen LogP contribution in [0, 0.1) is 6.92 Å². The summed E-state index contributed by atoms with van der Waals surface area (Å²) in [6, 6.07) is 15.8. The fraction of sp³-hybridized carbons (Fsp3) is 0.136. The van der Waals surface area contributed by atoms with Crippen molar-refractivity contribution in [2.75, 3.05) is 24.3 Å². The fourth-order valence-electron chi connectivity index (χ4n) is 2.84. The van der Waals surface area contributed by atoms with E-state index in [0.29, 0.717) is 22.2 Å². The molecule has 1 amide bonds. The molecular formula is C22H21ClN2O5S. The second-order valence-electron chi connectivity index (χ2n) is 6.61. The van der Waals surface area contributed by atoms with Gasteiger partial charge in [0.1, 0.15) is 11.5 Å². The first-order chi connectivity index (χ1) is 14.7. The number of sulfonamides is 1. The van der Waals surface area contributed by atoms with Crippen molar-refractivity contribution in [2.24, 2.45) is 0 Å². The van der Waals surface area contributed by atoms with E-state index in [2.05, 4.69) is 10.0 Å². The lowest BCUT2D eigenvalue weighted by molar-refractivity contribution is 0.102. The van der Waals surface area contributed by atoms with E-state index < -0.39 is 15.9 Å². The van der Waals surface area contributed by atoms with Gasteiger partial charge >= 0.3 is 0 Å². The van der Waals surface area contributed by atoms with Gasteiger partial charge < -0.3 is 14.8 Å². The fourth-order valence-corrected chi connectivity index (χ4v) is 4.15. The monoisotopic (exact) mass is 460 g/mol. The highest BCUT2D eigenvalue weighted by Crippen LogP contribution is 2.36. The number of aryl methyl sites for hydroxylation is 1. The molecule has 0 fully saturated rings. The number of anilines is 2. The highest BCUT2D eigenvalue weighted by Gasteiger charge is 2.20. The minimum absolute atomic E-state index is 0.0948. The van der Waals surface area contributed by atoms with Crippen molar-refractivity contribution in [1.29, 1.82) is 0 Å². The van der Waals surface area contributed by atoms with Crippen LogP contribution in [-0.4, -0.2) is 28.5 Å². The Morgan fingerprint density at radius 3 is 2.19 bits per heavy atom. The summed E-state index contributed by atoms with van der Waals surface area (Å²) in [6.45, 7) is 1.86. The van der Waals surface area contributed by atoms with E-state index in [1.54, 1.807) is 24.3 Å². The average molecular weight is 461 g/mol. The van der Waals surface area contributed by atoms with E-state index in [-0.39, 0.29) is 16.1 Å². The Hall–Kier alpha value is -3.23. The molecular weight excluding hydrogens is 440 g/mol. The molecule has 0 aliphatic rings. The zero-order valence-electron chi connectivity index (χ0n) is 17.1. The quantitative estimate of drug-likeness (QED) is 0.532. The lowest BCUT2D eigenvalue weighted by atomic mass is 10.1. The van der Waals surface area contributed by atoms with E-state index in [9.17, 15) is 13.2 Å². The van der Waals surface area contributed by atoms with Crippen LogP contribution in [0.1, 0.15) is 15.9 Å². The number of ether oxygens (including phenoxy) is 2.